The molecule has 2 aliphatic heterocycles. The third-order valence-corrected chi connectivity index (χ3v) is 4.61. The van der Waals surface area contributed by atoms with E-state index in [9.17, 15) is 9.90 Å². The molecular weight excluding hydrogens is 222 g/mol. The minimum Gasteiger partial charge on any atom is -0.386 e. The predicted molar refractivity (Wildman–Crippen MR) is 59.2 cm³/mol. The first-order chi connectivity index (χ1) is 8.09. The van der Waals surface area contributed by atoms with Crippen molar-refractivity contribution in [2.24, 2.45) is 0 Å². The summed E-state index contributed by atoms with van der Waals surface area (Å²) in [6, 6.07) is 0. The zero-order valence-corrected chi connectivity index (χ0v) is 10.1. The molecule has 3 fully saturated rings. The van der Waals surface area contributed by atoms with E-state index in [1.165, 1.54) is 0 Å². The molecule has 1 N–H and O–H groups in total. The van der Waals surface area contributed by atoms with E-state index in [4.69, 9.17) is 9.47 Å². The fraction of sp³-hybridized carbons (Fsp3) is 0.917. The maximum atomic E-state index is 11.4. The zero-order chi connectivity index (χ0) is 12.1. The minimum atomic E-state index is -0.958. The summed E-state index contributed by atoms with van der Waals surface area (Å²) in [5.74, 6) is -0.631. The number of carbonyl (C=O) groups excluding carboxylic acids is 1. The summed E-state index contributed by atoms with van der Waals surface area (Å²) in [5, 5.41) is 10.3. The van der Waals surface area contributed by atoms with Gasteiger partial charge in [0, 0.05) is 18.4 Å². The maximum Gasteiger partial charge on any atom is 0.257 e. The average molecular weight is 241 g/mol. The number of ether oxygens (including phenoxy) is 2. The van der Waals surface area contributed by atoms with Crippen molar-refractivity contribution in [2.45, 2.75) is 49.7 Å². The van der Waals surface area contributed by atoms with Gasteiger partial charge in [-0.1, -0.05) is 0 Å². The van der Waals surface area contributed by atoms with E-state index in [-0.39, 0.29) is 5.54 Å². The Morgan fingerprint density at radius 1 is 1.29 bits per heavy atom. The molecule has 2 heterocycles. The molecule has 2 spiro atoms. The first kappa shape index (κ1) is 11.6. The second-order valence-corrected chi connectivity index (χ2v) is 5.37. The van der Waals surface area contributed by atoms with Crippen LogP contribution in [0, 0.1) is 0 Å². The number of nitrogens with zero attached hydrogens (tertiary/aromatic N) is 1. The highest BCUT2D eigenvalue weighted by Gasteiger charge is 2.62. The highest BCUT2D eigenvalue weighted by atomic mass is 16.8. The summed E-state index contributed by atoms with van der Waals surface area (Å²) in [6.07, 6.45) is 2.82. The van der Waals surface area contributed by atoms with Crippen molar-refractivity contribution in [1.82, 2.24) is 4.90 Å². The second kappa shape index (κ2) is 3.75. The largest absolute Gasteiger partial charge is 0.386 e. The van der Waals surface area contributed by atoms with Crippen molar-refractivity contribution >= 4 is 5.78 Å². The van der Waals surface area contributed by atoms with Crippen LogP contribution in [0.5, 0.6) is 0 Å². The molecule has 3 rings (SSSR count). The number of hydrogen-bond donors (Lipinski definition) is 1. The number of likely N-dealkylation sites (tertiary alicyclic amines) is 1. The van der Waals surface area contributed by atoms with E-state index in [1.54, 1.807) is 0 Å². The first-order valence-corrected chi connectivity index (χ1v) is 6.31. The monoisotopic (exact) mass is 241 g/mol. The van der Waals surface area contributed by atoms with Crippen LogP contribution in [0.3, 0.4) is 0 Å². The normalized spacial score (nSPS) is 36.1. The lowest BCUT2D eigenvalue weighted by molar-refractivity contribution is -0.284. The summed E-state index contributed by atoms with van der Waals surface area (Å²) in [5.41, 5.74) is -0.127. The molecule has 2 saturated heterocycles. The second-order valence-electron chi connectivity index (χ2n) is 5.37. The molecule has 0 aromatic heterocycles. The Morgan fingerprint density at radius 2 is 1.88 bits per heavy atom. The number of hydrogen-bond acceptors (Lipinski definition) is 5. The zero-order valence-electron chi connectivity index (χ0n) is 10.1. The van der Waals surface area contributed by atoms with Crippen LogP contribution in [0.4, 0.5) is 0 Å². The molecule has 1 aliphatic carbocycles. The highest BCUT2D eigenvalue weighted by molar-refractivity contribution is 5.79. The van der Waals surface area contributed by atoms with Crippen molar-refractivity contribution in [3.05, 3.63) is 0 Å². The molecule has 1 atom stereocenters. The van der Waals surface area contributed by atoms with Crippen LogP contribution in [0.1, 0.15) is 32.1 Å². The van der Waals surface area contributed by atoms with Gasteiger partial charge in [-0.2, -0.15) is 0 Å². The van der Waals surface area contributed by atoms with E-state index in [0.717, 1.165) is 12.8 Å². The van der Waals surface area contributed by atoms with Gasteiger partial charge in [-0.05, 0) is 26.3 Å². The first-order valence-electron chi connectivity index (χ1n) is 6.31. The van der Waals surface area contributed by atoms with E-state index < -0.39 is 12.0 Å². The fourth-order valence-corrected chi connectivity index (χ4v) is 3.52. The van der Waals surface area contributed by atoms with Gasteiger partial charge in [0.1, 0.15) is 11.9 Å². The van der Waals surface area contributed by atoms with Gasteiger partial charge in [0.2, 0.25) is 0 Å². The maximum absolute atomic E-state index is 11.4. The molecule has 1 unspecified atom stereocenters. The molecule has 1 saturated carbocycles. The molecule has 5 nitrogen and oxygen atoms in total. The smallest absolute Gasteiger partial charge is 0.257 e. The minimum absolute atomic E-state index is 0.127. The van der Waals surface area contributed by atoms with E-state index in [0.29, 0.717) is 38.3 Å². The van der Waals surface area contributed by atoms with Crippen molar-refractivity contribution in [3.8, 4) is 0 Å². The molecule has 0 radical (unpaired) electrons. The quantitative estimate of drug-likeness (QED) is 0.659. The van der Waals surface area contributed by atoms with Gasteiger partial charge in [0.15, 0.2) is 0 Å². The number of aliphatic hydroxyl groups is 1. The molecule has 0 amide bonds. The van der Waals surface area contributed by atoms with Crippen LogP contribution in [0.2, 0.25) is 0 Å². The van der Waals surface area contributed by atoms with Crippen LogP contribution in [-0.4, -0.2) is 53.6 Å². The van der Waals surface area contributed by atoms with Gasteiger partial charge in [-0.15, -0.1) is 0 Å². The lowest BCUT2D eigenvalue weighted by Crippen LogP contribution is -2.56. The van der Waals surface area contributed by atoms with Crippen LogP contribution < -0.4 is 0 Å². The van der Waals surface area contributed by atoms with E-state index in [1.807, 2.05) is 11.9 Å². The lowest BCUT2D eigenvalue weighted by Gasteiger charge is -2.43. The molecular formula is C12H19NO4. The summed E-state index contributed by atoms with van der Waals surface area (Å²) < 4.78 is 11.3. The Labute approximate surface area is 101 Å². The average Bonchev–Trinajstić information content (AvgIpc) is 2.87. The number of aliphatic hydroxyl groups excluding tert-OH is 1. The third kappa shape index (κ3) is 1.50. The van der Waals surface area contributed by atoms with E-state index >= 15 is 0 Å². The number of Topliss-reactive ketones (excluding diaryl/α,β-unsaturated/α-hetero) is 1. The molecule has 0 aromatic carbocycles. The van der Waals surface area contributed by atoms with Gasteiger partial charge in [0.25, 0.3) is 5.91 Å². The molecule has 96 valence electrons. The molecule has 17 heavy (non-hydrogen) atoms. The lowest BCUT2D eigenvalue weighted by atomic mass is 9.79. The molecule has 3 aliphatic rings. The van der Waals surface area contributed by atoms with Crippen LogP contribution in [-0.2, 0) is 14.3 Å². The van der Waals surface area contributed by atoms with Crippen molar-refractivity contribution < 1.29 is 19.4 Å². The summed E-state index contributed by atoms with van der Waals surface area (Å²) in [4.78, 5) is 13.4. The number of ketones is 1. The van der Waals surface area contributed by atoms with Crippen molar-refractivity contribution in [3.63, 3.8) is 0 Å². The number of likely N-dealkylation sites (N-methyl/N-ethyl adjacent to an activating group) is 1. The summed E-state index contributed by atoms with van der Waals surface area (Å²) in [6.45, 7) is 1.05. The third-order valence-electron chi connectivity index (χ3n) is 4.61. The molecule has 0 bridgehead atoms. The Morgan fingerprint density at radius 3 is 2.47 bits per heavy atom. The summed E-state index contributed by atoms with van der Waals surface area (Å²) in [7, 11) is 1.94. The van der Waals surface area contributed by atoms with Gasteiger partial charge >= 0.3 is 0 Å². The molecule has 0 aromatic rings. The van der Waals surface area contributed by atoms with Crippen LogP contribution in [0.15, 0.2) is 0 Å². The van der Waals surface area contributed by atoms with Crippen molar-refractivity contribution in [2.75, 3.05) is 20.3 Å². The van der Waals surface area contributed by atoms with Gasteiger partial charge in [-0.3, -0.25) is 4.79 Å². The van der Waals surface area contributed by atoms with Gasteiger partial charge < -0.3 is 14.6 Å². The Hall–Kier alpha value is -0.490. The Bertz CT molecular complexity index is 327. The van der Waals surface area contributed by atoms with Gasteiger partial charge in [-0.25, -0.2) is 4.90 Å². The fourth-order valence-electron chi connectivity index (χ4n) is 3.52. The predicted octanol–water partition coefficient (Wildman–Crippen LogP) is 0.265. The summed E-state index contributed by atoms with van der Waals surface area (Å²) >= 11 is 0. The Kier molecular flexibility index (Phi) is 2.56. The van der Waals surface area contributed by atoms with Gasteiger partial charge in [0.05, 0.1) is 13.2 Å². The topological polar surface area (TPSA) is 59.0 Å². The number of carbonyl (C=O) groups is 1. The Balaban J connectivity index is 1.87. The number of rotatable bonds is 0. The van der Waals surface area contributed by atoms with Crippen LogP contribution >= 0.6 is 0 Å². The van der Waals surface area contributed by atoms with Crippen LogP contribution in [0.25, 0.3) is 0 Å². The highest BCUT2D eigenvalue weighted by Crippen LogP contribution is 2.49. The van der Waals surface area contributed by atoms with E-state index in [2.05, 4.69) is 0 Å². The van der Waals surface area contributed by atoms with Crippen molar-refractivity contribution in [1.29, 1.82) is 0 Å². The standard InChI is InChI=1S/C12H19NO4/c1-13-11(4-2-9(14)3-5-11)8-10(15)12(13)16-6-7-17-12/h10,15H,2-8H2,1H3. The molecule has 5 heteroatoms. The SMILES string of the molecule is CN1C2(CCC(=O)CC2)CC(O)C12OCCO2.